The van der Waals surface area contributed by atoms with Gasteiger partial charge in [-0.2, -0.15) is 0 Å². The lowest BCUT2D eigenvalue weighted by Crippen LogP contribution is -2.52. The molecule has 144 valence electrons. The van der Waals surface area contributed by atoms with Crippen LogP contribution < -0.4 is 10.1 Å². The minimum atomic E-state index is -0.0855. The third kappa shape index (κ3) is 3.98. The number of rotatable bonds is 5. The van der Waals surface area contributed by atoms with Crippen LogP contribution in [0.3, 0.4) is 0 Å². The van der Waals surface area contributed by atoms with Crippen molar-refractivity contribution < 1.29 is 9.53 Å². The molecule has 1 N–H and O–H groups in total. The van der Waals surface area contributed by atoms with E-state index in [1.54, 1.807) is 4.90 Å². The van der Waals surface area contributed by atoms with E-state index in [2.05, 4.69) is 15.6 Å². The first-order valence-corrected chi connectivity index (χ1v) is 9.30. The Labute approximate surface area is 163 Å². The molecule has 0 unspecified atom stereocenters. The first-order valence-electron chi connectivity index (χ1n) is 9.30. The van der Waals surface area contributed by atoms with Crippen molar-refractivity contribution in [2.45, 2.75) is 26.5 Å². The number of benzene rings is 2. The van der Waals surface area contributed by atoms with Gasteiger partial charge < -0.3 is 15.0 Å². The molecule has 0 aliphatic carbocycles. The lowest BCUT2D eigenvalue weighted by Gasteiger charge is -2.38. The largest absolute Gasteiger partial charge is 0.487 e. The third-order valence-electron chi connectivity index (χ3n) is 4.85. The molecule has 0 radical (unpaired) electrons. The topological polar surface area (TPSA) is 72.3 Å². The van der Waals surface area contributed by atoms with Crippen molar-refractivity contribution in [3.63, 3.8) is 0 Å². The molecular formula is C21H23N5O2. The van der Waals surface area contributed by atoms with Gasteiger partial charge in [-0.3, -0.25) is 0 Å². The number of aromatic nitrogens is 3. The maximum atomic E-state index is 12.4. The van der Waals surface area contributed by atoms with E-state index in [1.807, 2.05) is 73.3 Å². The number of para-hydroxylation sites is 1. The first kappa shape index (κ1) is 18.0. The molecule has 7 heteroatoms. The number of carbonyl (C=O) groups is 1. The number of nitrogens with one attached hydrogen (secondary N) is 1. The summed E-state index contributed by atoms with van der Waals surface area (Å²) in [5.41, 5.74) is 3.79. The second kappa shape index (κ2) is 7.72. The molecule has 0 atom stereocenters. The zero-order chi connectivity index (χ0) is 19.5. The predicted octanol–water partition coefficient (Wildman–Crippen LogP) is 3.56. The molecule has 28 heavy (non-hydrogen) atoms. The quantitative estimate of drug-likeness (QED) is 0.738. The maximum absolute atomic E-state index is 12.4. The van der Waals surface area contributed by atoms with Crippen molar-refractivity contribution in [3.8, 4) is 5.75 Å². The summed E-state index contributed by atoms with van der Waals surface area (Å²) >= 11 is 0. The summed E-state index contributed by atoms with van der Waals surface area (Å²) < 4.78 is 7.50. The van der Waals surface area contributed by atoms with Crippen molar-refractivity contribution in [1.82, 2.24) is 19.9 Å². The number of urea groups is 1. The average Bonchev–Trinajstić information content (AvgIpc) is 3.11. The number of likely N-dealkylation sites (tertiary alicyclic amines) is 1. The molecule has 1 aromatic heterocycles. The van der Waals surface area contributed by atoms with Gasteiger partial charge >= 0.3 is 6.03 Å². The lowest BCUT2D eigenvalue weighted by molar-refractivity contribution is 0.127. The molecule has 4 rings (SSSR count). The fraction of sp³-hybridized carbons (Fsp3) is 0.286. The minimum Gasteiger partial charge on any atom is -0.487 e. The number of ether oxygens (including phenoxy) is 1. The van der Waals surface area contributed by atoms with Crippen LogP contribution in [0.4, 0.5) is 10.5 Å². The van der Waals surface area contributed by atoms with E-state index in [9.17, 15) is 4.79 Å². The van der Waals surface area contributed by atoms with Crippen molar-refractivity contribution >= 4 is 11.7 Å². The summed E-state index contributed by atoms with van der Waals surface area (Å²) in [6, 6.07) is 15.7. The Balaban J connectivity index is 1.28. The van der Waals surface area contributed by atoms with Gasteiger partial charge in [-0.25, -0.2) is 9.48 Å². The van der Waals surface area contributed by atoms with Crippen LogP contribution in [0.5, 0.6) is 5.75 Å². The first-order chi connectivity index (χ1) is 13.6. The molecule has 0 spiro atoms. The second-order valence-corrected chi connectivity index (χ2v) is 7.10. The summed E-state index contributed by atoms with van der Waals surface area (Å²) in [6.07, 6.45) is 1.88. The van der Waals surface area contributed by atoms with E-state index in [4.69, 9.17) is 4.74 Å². The van der Waals surface area contributed by atoms with Gasteiger partial charge in [0.25, 0.3) is 0 Å². The minimum absolute atomic E-state index is 0.0855. The lowest BCUT2D eigenvalue weighted by atomic mass is 10.1. The SMILES string of the molecule is Cc1ccc(C)c(NC(=O)N2CC(n3cc(COc4ccccc4)nn3)C2)c1. The molecule has 2 heterocycles. The van der Waals surface area contributed by atoms with E-state index in [-0.39, 0.29) is 12.1 Å². The molecular weight excluding hydrogens is 354 g/mol. The Kier molecular flexibility index (Phi) is 4.97. The standard InChI is InChI=1S/C21H23N5O2/c1-15-8-9-16(2)20(10-15)22-21(27)25-12-18(13-25)26-11-17(23-24-26)14-28-19-6-4-3-5-7-19/h3-11,18H,12-14H2,1-2H3,(H,22,27). The molecule has 0 bridgehead atoms. The average molecular weight is 377 g/mol. The number of hydrogen-bond donors (Lipinski definition) is 1. The Morgan fingerprint density at radius 1 is 1.18 bits per heavy atom. The molecule has 0 saturated carbocycles. The molecule has 3 aromatic rings. The van der Waals surface area contributed by atoms with Gasteiger partial charge in [0.1, 0.15) is 18.1 Å². The van der Waals surface area contributed by atoms with E-state index in [0.29, 0.717) is 19.7 Å². The zero-order valence-corrected chi connectivity index (χ0v) is 16.0. The zero-order valence-electron chi connectivity index (χ0n) is 16.0. The molecule has 7 nitrogen and oxygen atoms in total. The van der Waals surface area contributed by atoms with Crippen molar-refractivity contribution in [2.24, 2.45) is 0 Å². The predicted molar refractivity (Wildman–Crippen MR) is 106 cm³/mol. The summed E-state index contributed by atoms with van der Waals surface area (Å²) in [5, 5.41) is 11.3. The second-order valence-electron chi connectivity index (χ2n) is 7.10. The summed E-state index contributed by atoms with van der Waals surface area (Å²) in [7, 11) is 0. The van der Waals surface area contributed by atoms with Gasteiger partial charge in [-0.15, -0.1) is 5.10 Å². The van der Waals surface area contributed by atoms with E-state index >= 15 is 0 Å². The summed E-state index contributed by atoms with van der Waals surface area (Å²) in [5.74, 6) is 0.801. The van der Waals surface area contributed by atoms with Crippen LogP contribution in [0.25, 0.3) is 0 Å². The highest BCUT2D eigenvalue weighted by Crippen LogP contribution is 2.23. The highest BCUT2D eigenvalue weighted by molar-refractivity contribution is 5.90. The van der Waals surface area contributed by atoms with E-state index in [0.717, 1.165) is 28.3 Å². The smallest absolute Gasteiger partial charge is 0.321 e. The van der Waals surface area contributed by atoms with Crippen LogP contribution in [-0.2, 0) is 6.61 Å². The van der Waals surface area contributed by atoms with E-state index < -0.39 is 0 Å². The van der Waals surface area contributed by atoms with Crippen LogP contribution in [0.1, 0.15) is 22.9 Å². The van der Waals surface area contributed by atoms with Gasteiger partial charge in [0, 0.05) is 18.8 Å². The van der Waals surface area contributed by atoms with Crippen LogP contribution in [-0.4, -0.2) is 39.0 Å². The monoisotopic (exact) mass is 377 g/mol. The molecule has 1 aliphatic rings. The number of aryl methyl sites for hydroxylation is 2. The Bertz CT molecular complexity index is 964. The maximum Gasteiger partial charge on any atom is 0.321 e. The van der Waals surface area contributed by atoms with Gasteiger partial charge in [0.2, 0.25) is 0 Å². The van der Waals surface area contributed by atoms with Crippen LogP contribution in [0.15, 0.2) is 54.7 Å². The fourth-order valence-electron chi connectivity index (χ4n) is 3.09. The molecule has 2 aromatic carbocycles. The Hall–Kier alpha value is -3.35. The molecule has 1 aliphatic heterocycles. The summed E-state index contributed by atoms with van der Waals surface area (Å²) in [4.78, 5) is 14.2. The van der Waals surface area contributed by atoms with Crippen LogP contribution in [0.2, 0.25) is 0 Å². The molecule has 1 fully saturated rings. The van der Waals surface area contributed by atoms with Crippen molar-refractivity contribution in [2.75, 3.05) is 18.4 Å². The molecule has 1 saturated heterocycles. The van der Waals surface area contributed by atoms with E-state index in [1.165, 1.54) is 0 Å². The van der Waals surface area contributed by atoms with Gasteiger partial charge in [-0.05, 0) is 43.2 Å². The highest BCUT2D eigenvalue weighted by Gasteiger charge is 2.33. The third-order valence-corrected chi connectivity index (χ3v) is 4.85. The highest BCUT2D eigenvalue weighted by atomic mass is 16.5. The van der Waals surface area contributed by atoms with Gasteiger partial charge in [-0.1, -0.05) is 35.5 Å². The van der Waals surface area contributed by atoms with Gasteiger partial charge in [0.15, 0.2) is 0 Å². The number of carbonyl (C=O) groups excluding carboxylic acids is 1. The number of hydrogen-bond acceptors (Lipinski definition) is 4. The number of anilines is 1. The Morgan fingerprint density at radius 2 is 1.96 bits per heavy atom. The van der Waals surface area contributed by atoms with Crippen LogP contribution in [0, 0.1) is 13.8 Å². The summed E-state index contributed by atoms with van der Waals surface area (Å²) in [6.45, 7) is 5.59. The van der Waals surface area contributed by atoms with Crippen LogP contribution >= 0.6 is 0 Å². The number of nitrogens with zero attached hydrogens (tertiary/aromatic N) is 4. The number of amides is 2. The van der Waals surface area contributed by atoms with Crippen molar-refractivity contribution in [1.29, 1.82) is 0 Å². The normalized spacial score (nSPS) is 13.9. The fourth-order valence-corrected chi connectivity index (χ4v) is 3.09. The Morgan fingerprint density at radius 3 is 2.75 bits per heavy atom. The molecule has 2 amide bonds. The van der Waals surface area contributed by atoms with Crippen molar-refractivity contribution in [3.05, 3.63) is 71.5 Å². The van der Waals surface area contributed by atoms with Gasteiger partial charge in [0.05, 0.1) is 12.2 Å².